The van der Waals surface area contributed by atoms with Gasteiger partial charge in [0.25, 0.3) is 7.52 Å². The maximum absolute atomic E-state index is 14.1. The van der Waals surface area contributed by atoms with Crippen LogP contribution in [0.1, 0.15) is 0 Å². The summed E-state index contributed by atoms with van der Waals surface area (Å²) in [6.07, 6.45) is -4.03. The van der Waals surface area contributed by atoms with Crippen LogP contribution in [-0.4, -0.2) is 179 Å². The van der Waals surface area contributed by atoms with Gasteiger partial charge >= 0.3 is 15.3 Å². The van der Waals surface area contributed by atoms with Crippen LogP contribution in [0.25, 0.3) is 0 Å². The highest BCUT2D eigenvalue weighted by atomic mass is 31.2. The quantitative estimate of drug-likeness (QED) is 0.208. The average molecular weight is 667 g/mol. The fourth-order valence-corrected chi connectivity index (χ4v) is 9.17. The van der Waals surface area contributed by atoms with Crippen molar-refractivity contribution in [2.75, 3.05) is 115 Å². The molecule has 0 amide bonds. The number of nitrogens with one attached hydrogen (secondary N) is 1. The molecule has 3 fully saturated rings. The summed E-state index contributed by atoms with van der Waals surface area (Å²) in [5.74, 6) is 0. The minimum absolute atomic E-state index is 0.0477. The summed E-state index contributed by atoms with van der Waals surface area (Å²) in [5.41, 5.74) is 0. The third-order valence-corrected chi connectivity index (χ3v) is 14.3. The highest BCUT2D eigenvalue weighted by Gasteiger charge is 2.44. The van der Waals surface area contributed by atoms with Crippen LogP contribution in [0.5, 0.6) is 0 Å². The van der Waals surface area contributed by atoms with Crippen molar-refractivity contribution in [1.29, 1.82) is 0 Å². The van der Waals surface area contributed by atoms with Crippen molar-refractivity contribution in [2.24, 2.45) is 0 Å². The van der Waals surface area contributed by atoms with Gasteiger partial charge in [0.05, 0.1) is 51.3 Å². The molecule has 42 heavy (non-hydrogen) atoms. The summed E-state index contributed by atoms with van der Waals surface area (Å²) in [6, 6.07) is 0. The number of hydrogen-bond donors (Lipinski definition) is 3. The summed E-state index contributed by atoms with van der Waals surface area (Å²) in [6.45, 7) is 2.91. The van der Waals surface area contributed by atoms with E-state index in [0.29, 0.717) is 19.6 Å². The van der Waals surface area contributed by atoms with Crippen LogP contribution in [0.3, 0.4) is 0 Å². The molecule has 8 atom stereocenters. The monoisotopic (exact) mass is 666 g/mol. The molecular weight excluding hydrogens is 617 g/mol. The molecule has 0 aromatic rings. The highest BCUT2D eigenvalue weighted by molar-refractivity contribution is 7.55. The highest BCUT2D eigenvalue weighted by Crippen LogP contribution is 2.55. The van der Waals surface area contributed by atoms with Crippen LogP contribution in [0.4, 0.5) is 0 Å². The van der Waals surface area contributed by atoms with Crippen molar-refractivity contribution in [2.45, 2.75) is 30.9 Å². The molecule has 3 aliphatic heterocycles. The molecule has 3 heterocycles. The standard InChI is InChI=1S/C22H49N6O11P3/c1-24(2)40(7,31)35-16-19-12-27(8-9-34-19)41(32,25(3)4)37-17-20-13-28(14-22(30)39-20)42(33,26(5)6)36-15-18-10-23-11-21(29)38-18/h18-23,29-30H,8-17H2,1-7H3. The van der Waals surface area contributed by atoms with E-state index in [4.69, 9.17) is 27.8 Å². The summed E-state index contributed by atoms with van der Waals surface area (Å²) in [7, 11) is -0.337. The molecule has 0 aliphatic carbocycles. The van der Waals surface area contributed by atoms with E-state index in [-0.39, 0.29) is 46.1 Å². The number of aliphatic hydroxyl groups excluding tert-OH is 2. The number of aliphatic hydroxyl groups is 2. The van der Waals surface area contributed by atoms with E-state index < -0.39 is 53.8 Å². The molecule has 248 valence electrons. The van der Waals surface area contributed by atoms with E-state index in [1.54, 1.807) is 47.0 Å². The Kier molecular flexibility index (Phi) is 13.6. The summed E-state index contributed by atoms with van der Waals surface area (Å²) >= 11 is 0. The zero-order chi connectivity index (χ0) is 31.3. The predicted octanol–water partition coefficient (Wildman–Crippen LogP) is -0.213. The second-order valence-electron chi connectivity index (χ2n) is 11.1. The van der Waals surface area contributed by atoms with Gasteiger partial charge in [0.2, 0.25) is 0 Å². The summed E-state index contributed by atoms with van der Waals surface area (Å²) in [4.78, 5) is 0. The third kappa shape index (κ3) is 9.57. The topological polar surface area (TPSA) is 175 Å². The van der Waals surface area contributed by atoms with Crippen LogP contribution in [0, 0.1) is 0 Å². The Morgan fingerprint density at radius 3 is 1.88 bits per heavy atom. The fourth-order valence-electron chi connectivity index (χ4n) is 4.51. The lowest BCUT2D eigenvalue weighted by Gasteiger charge is -2.43. The number of hydrogen-bond acceptors (Lipinski definition) is 12. The molecule has 0 aromatic carbocycles. The van der Waals surface area contributed by atoms with E-state index in [9.17, 15) is 23.9 Å². The van der Waals surface area contributed by atoms with Crippen LogP contribution in [0.15, 0.2) is 0 Å². The maximum atomic E-state index is 14.1. The number of rotatable bonds is 14. The van der Waals surface area contributed by atoms with Gasteiger partial charge in [-0.05, 0) is 42.3 Å². The van der Waals surface area contributed by atoms with Gasteiger partial charge in [0.15, 0.2) is 12.6 Å². The first-order valence-electron chi connectivity index (χ1n) is 13.8. The molecule has 0 radical (unpaired) electrons. The van der Waals surface area contributed by atoms with Crippen LogP contribution >= 0.6 is 22.9 Å². The van der Waals surface area contributed by atoms with Crippen molar-refractivity contribution < 1.29 is 51.7 Å². The van der Waals surface area contributed by atoms with Gasteiger partial charge in [-0.1, -0.05) is 0 Å². The molecule has 8 unspecified atom stereocenters. The van der Waals surface area contributed by atoms with E-state index in [2.05, 4.69) is 5.32 Å². The first-order valence-corrected chi connectivity index (χ1v) is 18.9. The lowest BCUT2D eigenvalue weighted by Crippen LogP contribution is -2.50. The first-order chi connectivity index (χ1) is 19.6. The second-order valence-corrected chi connectivity index (χ2v) is 18.9. The minimum Gasteiger partial charge on any atom is -0.373 e. The van der Waals surface area contributed by atoms with E-state index in [1.807, 2.05) is 0 Å². The largest absolute Gasteiger partial charge is 0.373 e. The number of β-amino-alcohol motifs (C(OH)–C–C–N with tert-alkyl or cyclic N) is 2. The van der Waals surface area contributed by atoms with Crippen LogP contribution < -0.4 is 5.32 Å². The normalized spacial score (nSPS) is 33.0. The Balaban J connectivity index is 1.64. The Morgan fingerprint density at radius 2 is 1.29 bits per heavy atom. The Labute approximate surface area is 248 Å². The zero-order valence-corrected chi connectivity index (χ0v) is 28.3. The zero-order valence-electron chi connectivity index (χ0n) is 25.6. The van der Waals surface area contributed by atoms with Crippen LogP contribution in [-0.2, 0) is 41.5 Å². The summed E-state index contributed by atoms with van der Waals surface area (Å²) < 4.78 is 82.8. The molecule has 0 saturated carbocycles. The van der Waals surface area contributed by atoms with Crippen molar-refractivity contribution in [1.82, 2.24) is 28.7 Å². The molecule has 0 spiro atoms. The molecule has 20 heteroatoms. The van der Waals surface area contributed by atoms with Gasteiger partial charge in [-0.25, -0.2) is 23.4 Å². The second kappa shape index (κ2) is 15.6. The molecule has 3 saturated heterocycles. The number of ether oxygens (including phenoxy) is 3. The number of morpholine rings is 3. The van der Waals surface area contributed by atoms with E-state index in [0.717, 1.165) is 0 Å². The third-order valence-electron chi connectivity index (χ3n) is 7.10. The predicted molar refractivity (Wildman–Crippen MR) is 155 cm³/mol. The van der Waals surface area contributed by atoms with Crippen molar-refractivity contribution in [3.8, 4) is 0 Å². The van der Waals surface area contributed by atoms with E-state index in [1.165, 1.54) is 25.3 Å². The SMILES string of the molecule is CN(C)P(C)(=O)OCC1CN(P(=O)(OCC2CN(P(=O)(OCC3CNCC(O)O3)N(C)C)CC(O)O2)N(C)C)CCO1. The van der Waals surface area contributed by atoms with Gasteiger partial charge in [0, 0.05) is 39.4 Å². The maximum Gasteiger partial charge on any atom is 0.345 e. The Morgan fingerprint density at radius 1 is 0.738 bits per heavy atom. The molecule has 0 aromatic heterocycles. The van der Waals surface area contributed by atoms with Crippen molar-refractivity contribution in [3.63, 3.8) is 0 Å². The smallest absolute Gasteiger partial charge is 0.345 e. The van der Waals surface area contributed by atoms with Gasteiger partial charge < -0.3 is 43.3 Å². The minimum atomic E-state index is -3.64. The van der Waals surface area contributed by atoms with Crippen LogP contribution in [0.2, 0.25) is 0 Å². The van der Waals surface area contributed by atoms with Gasteiger partial charge in [-0.15, -0.1) is 0 Å². The molecular formula is C22H49N6O11P3. The lowest BCUT2D eigenvalue weighted by atomic mass is 10.3. The lowest BCUT2D eigenvalue weighted by molar-refractivity contribution is -0.181. The Hall–Kier alpha value is 0.130. The molecule has 3 N–H and O–H groups in total. The molecule has 3 aliphatic rings. The summed E-state index contributed by atoms with van der Waals surface area (Å²) in [5, 5.41) is 23.3. The Bertz CT molecular complexity index is 1010. The van der Waals surface area contributed by atoms with Crippen molar-refractivity contribution in [3.05, 3.63) is 0 Å². The molecule has 3 rings (SSSR count). The average Bonchev–Trinajstić information content (AvgIpc) is 2.93. The first kappa shape index (κ1) is 36.6. The van der Waals surface area contributed by atoms with Gasteiger partial charge in [-0.2, -0.15) is 0 Å². The number of nitrogens with zero attached hydrogens (tertiary/aromatic N) is 5. The fraction of sp³-hybridized carbons (Fsp3) is 1.00. The molecule has 0 bridgehead atoms. The van der Waals surface area contributed by atoms with Crippen molar-refractivity contribution >= 4 is 22.9 Å². The molecule has 17 nitrogen and oxygen atoms in total. The van der Waals surface area contributed by atoms with Gasteiger partial charge in [0.1, 0.15) is 0 Å². The van der Waals surface area contributed by atoms with Gasteiger partial charge in [-0.3, -0.25) is 13.7 Å². The van der Waals surface area contributed by atoms with E-state index >= 15 is 0 Å².